The van der Waals surface area contributed by atoms with Crippen LogP contribution in [0.2, 0.25) is 0 Å². The summed E-state index contributed by atoms with van der Waals surface area (Å²) in [6, 6.07) is 12.0. The van der Waals surface area contributed by atoms with Gasteiger partial charge in [0, 0.05) is 0 Å². The van der Waals surface area contributed by atoms with E-state index in [2.05, 4.69) is 0 Å². The highest BCUT2D eigenvalue weighted by Gasteiger charge is 2.13. The van der Waals surface area contributed by atoms with Crippen molar-refractivity contribution in [3.63, 3.8) is 0 Å². The molecule has 2 rings (SSSR count). The van der Waals surface area contributed by atoms with E-state index in [1.165, 1.54) is 12.1 Å². The first kappa shape index (κ1) is 11.8. The molecule has 2 aromatic rings. The summed E-state index contributed by atoms with van der Waals surface area (Å²) in [5.41, 5.74) is 3.50. The Bertz CT molecular complexity index is 534. The molecule has 1 nitrogen and oxygen atoms in total. The number of aliphatic hydroxyl groups excluding tert-OH is 1. The maximum absolute atomic E-state index is 13.1. The lowest BCUT2D eigenvalue weighted by Crippen LogP contribution is -2.02. The fourth-order valence-corrected chi connectivity index (χ4v) is 1.91. The Morgan fingerprint density at radius 2 is 1.82 bits per heavy atom. The topological polar surface area (TPSA) is 20.2 Å². The average Bonchev–Trinajstić information content (AvgIpc) is 2.31. The maximum Gasteiger partial charge on any atom is 0.123 e. The van der Waals surface area contributed by atoms with Crippen molar-refractivity contribution >= 4 is 0 Å². The number of hydrogen-bond acceptors (Lipinski definition) is 1. The molecule has 17 heavy (non-hydrogen) atoms. The maximum atomic E-state index is 13.1. The zero-order chi connectivity index (χ0) is 12.4. The molecule has 1 atom stereocenters. The van der Waals surface area contributed by atoms with Crippen molar-refractivity contribution in [2.45, 2.75) is 20.0 Å². The van der Waals surface area contributed by atoms with E-state index in [1.807, 2.05) is 32.0 Å². The molecule has 0 amide bonds. The predicted molar refractivity (Wildman–Crippen MR) is 66.4 cm³/mol. The summed E-state index contributed by atoms with van der Waals surface area (Å²) in [4.78, 5) is 0. The molecule has 0 fully saturated rings. The van der Waals surface area contributed by atoms with E-state index in [9.17, 15) is 9.50 Å². The molecule has 88 valence electrons. The van der Waals surface area contributed by atoms with Gasteiger partial charge in [-0.25, -0.2) is 4.39 Å². The van der Waals surface area contributed by atoms with Crippen molar-refractivity contribution in [1.29, 1.82) is 0 Å². The van der Waals surface area contributed by atoms with Crippen LogP contribution < -0.4 is 0 Å². The van der Waals surface area contributed by atoms with Crippen molar-refractivity contribution in [2.24, 2.45) is 0 Å². The van der Waals surface area contributed by atoms with E-state index in [1.54, 1.807) is 12.1 Å². The summed E-state index contributed by atoms with van der Waals surface area (Å²) in [6.45, 7) is 3.92. The number of halogens is 1. The fourth-order valence-electron chi connectivity index (χ4n) is 1.91. The molecule has 1 N–H and O–H groups in total. The minimum atomic E-state index is -0.773. The van der Waals surface area contributed by atoms with E-state index in [-0.39, 0.29) is 5.82 Å². The lowest BCUT2D eigenvalue weighted by Gasteiger charge is -2.15. The van der Waals surface area contributed by atoms with Crippen molar-refractivity contribution < 1.29 is 9.50 Å². The van der Waals surface area contributed by atoms with Gasteiger partial charge in [0.1, 0.15) is 11.9 Å². The molecular formula is C15H15FO. The Morgan fingerprint density at radius 3 is 2.53 bits per heavy atom. The summed E-state index contributed by atoms with van der Waals surface area (Å²) in [6.07, 6.45) is -0.773. The number of aryl methyl sites for hydroxylation is 2. The third kappa shape index (κ3) is 2.53. The summed E-state index contributed by atoms with van der Waals surface area (Å²) in [5.74, 6) is -0.327. The molecule has 0 aliphatic carbocycles. The highest BCUT2D eigenvalue weighted by molar-refractivity contribution is 5.37. The zero-order valence-electron chi connectivity index (χ0n) is 9.94. The monoisotopic (exact) mass is 230 g/mol. The van der Waals surface area contributed by atoms with Crippen LogP contribution in [0.4, 0.5) is 4.39 Å². The number of benzene rings is 2. The van der Waals surface area contributed by atoms with Crippen molar-refractivity contribution in [3.8, 4) is 0 Å². The van der Waals surface area contributed by atoms with Gasteiger partial charge < -0.3 is 5.11 Å². The van der Waals surface area contributed by atoms with E-state index in [0.717, 1.165) is 16.7 Å². The molecule has 0 aliphatic rings. The molecule has 0 bridgehead atoms. The molecule has 0 spiro atoms. The van der Waals surface area contributed by atoms with Gasteiger partial charge in [0.15, 0.2) is 0 Å². The highest BCUT2D eigenvalue weighted by atomic mass is 19.1. The van der Waals surface area contributed by atoms with Crippen LogP contribution in [0.15, 0.2) is 42.5 Å². The molecule has 0 heterocycles. The molecule has 0 aliphatic heterocycles. The van der Waals surface area contributed by atoms with Crippen molar-refractivity contribution in [1.82, 2.24) is 0 Å². The third-order valence-corrected chi connectivity index (χ3v) is 2.89. The summed E-state index contributed by atoms with van der Waals surface area (Å²) in [5, 5.41) is 10.3. The minimum Gasteiger partial charge on any atom is -0.384 e. The molecule has 2 aromatic carbocycles. The van der Waals surface area contributed by atoms with Gasteiger partial charge in [-0.15, -0.1) is 0 Å². The van der Waals surface area contributed by atoms with Gasteiger partial charge >= 0.3 is 0 Å². The zero-order valence-corrected chi connectivity index (χ0v) is 9.94. The van der Waals surface area contributed by atoms with Crippen LogP contribution in [-0.2, 0) is 0 Å². The van der Waals surface area contributed by atoms with Gasteiger partial charge in [-0.1, -0.05) is 35.9 Å². The second-order valence-electron chi connectivity index (χ2n) is 4.32. The highest BCUT2D eigenvalue weighted by Crippen LogP contribution is 2.25. The summed E-state index contributed by atoms with van der Waals surface area (Å²) < 4.78 is 13.1. The van der Waals surface area contributed by atoms with Crippen LogP contribution >= 0.6 is 0 Å². The average molecular weight is 230 g/mol. The van der Waals surface area contributed by atoms with Crippen LogP contribution in [0, 0.1) is 19.7 Å². The molecule has 0 saturated heterocycles. The van der Waals surface area contributed by atoms with Gasteiger partial charge in [-0.05, 0) is 42.7 Å². The normalized spacial score (nSPS) is 12.5. The first-order valence-corrected chi connectivity index (χ1v) is 5.58. The molecular weight excluding hydrogens is 215 g/mol. The summed E-state index contributed by atoms with van der Waals surface area (Å²) >= 11 is 0. The Labute approximate surface area is 101 Å². The van der Waals surface area contributed by atoms with E-state index in [4.69, 9.17) is 0 Å². The Hall–Kier alpha value is -1.67. The fraction of sp³-hybridized carbons (Fsp3) is 0.200. The first-order chi connectivity index (χ1) is 8.08. The lowest BCUT2D eigenvalue weighted by molar-refractivity contribution is 0.219. The van der Waals surface area contributed by atoms with Crippen LogP contribution in [0.3, 0.4) is 0 Å². The molecule has 0 aromatic heterocycles. The SMILES string of the molecule is Cc1ccc(C)c(C(O)c2cccc(F)c2)c1. The molecule has 2 heteroatoms. The standard InChI is InChI=1S/C15H15FO/c1-10-6-7-11(2)14(8-10)15(17)12-4-3-5-13(16)9-12/h3-9,15,17H,1-2H3. The molecule has 0 radical (unpaired) electrons. The molecule has 0 saturated carbocycles. The third-order valence-electron chi connectivity index (χ3n) is 2.89. The Kier molecular flexibility index (Phi) is 3.25. The van der Waals surface area contributed by atoms with Gasteiger partial charge in [-0.2, -0.15) is 0 Å². The van der Waals surface area contributed by atoms with Crippen LogP contribution in [0.5, 0.6) is 0 Å². The quantitative estimate of drug-likeness (QED) is 0.836. The van der Waals surface area contributed by atoms with Gasteiger partial charge in [0.2, 0.25) is 0 Å². The first-order valence-electron chi connectivity index (χ1n) is 5.58. The van der Waals surface area contributed by atoms with Crippen LogP contribution in [0.25, 0.3) is 0 Å². The second kappa shape index (κ2) is 4.68. The Balaban J connectivity index is 2.43. The van der Waals surface area contributed by atoms with Crippen LogP contribution in [-0.4, -0.2) is 5.11 Å². The summed E-state index contributed by atoms with van der Waals surface area (Å²) in [7, 11) is 0. The largest absolute Gasteiger partial charge is 0.384 e. The van der Waals surface area contributed by atoms with Gasteiger partial charge in [-0.3, -0.25) is 0 Å². The number of hydrogen-bond donors (Lipinski definition) is 1. The lowest BCUT2D eigenvalue weighted by atomic mass is 9.96. The van der Waals surface area contributed by atoms with Crippen molar-refractivity contribution in [2.75, 3.05) is 0 Å². The van der Waals surface area contributed by atoms with E-state index < -0.39 is 6.10 Å². The number of rotatable bonds is 2. The van der Waals surface area contributed by atoms with E-state index >= 15 is 0 Å². The molecule has 1 unspecified atom stereocenters. The minimum absolute atomic E-state index is 0.327. The van der Waals surface area contributed by atoms with Crippen LogP contribution in [0.1, 0.15) is 28.4 Å². The van der Waals surface area contributed by atoms with Crippen molar-refractivity contribution in [3.05, 3.63) is 70.5 Å². The second-order valence-corrected chi connectivity index (χ2v) is 4.32. The smallest absolute Gasteiger partial charge is 0.123 e. The van der Waals surface area contributed by atoms with E-state index in [0.29, 0.717) is 5.56 Å². The van der Waals surface area contributed by atoms with Gasteiger partial charge in [0.25, 0.3) is 0 Å². The number of aliphatic hydroxyl groups is 1. The van der Waals surface area contributed by atoms with Gasteiger partial charge in [0.05, 0.1) is 0 Å². The predicted octanol–water partition coefficient (Wildman–Crippen LogP) is 3.52. The Morgan fingerprint density at radius 1 is 1.06 bits per heavy atom.